The number of nitrogens with zero attached hydrogens (tertiary/aromatic N) is 1. The van der Waals surface area contributed by atoms with Crippen LogP contribution in [0.5, 0.6) is 0 Å². The van der Waals surface area contributed by atoms with Crippen molar-refractivity contribution in [2.24, 2.45) is 5.73 Å². The van der Waals surface area contributed by atoms with Gasteiger partial charge in [0, 0.05) is 22.8 Å². The fourth-order valence-corrected chi connectivity index (χ4v) is 3.79. The first-order valence-corrected chi connectivity index (χ1v) is 6.75. The van der Waals surface area contributed by atoms with Crippen molar-refractivity contribution < 1.29 is 0 Å². The summed E-state index contributed by atoms with van der Waals surface area (Å²) < 4.78 is 0. The van der Waals surface area contributed by atoms with Crippen LogP contribution in [-0.4, -0.2) is 11.5 Å². The highest BCUT2D eigenvalue weighted by molar-refractivity contribution is 7.12. The standard InChI is InChI=1S/C12H18N2S/c1-12(5-6-12)11-14-10-8(7-13)3-2-4-9(10)15-11/h8H,2-7,13H2,1H3. The summed E-state index contributed by atoms with van der Waals surface area (Å²) in [6.07, 6.45) is 6.43. The zero-order valence-electron chi connectivity index (χ0n) is 9.25. The van der Waals surface area contributed by atoms with Crippen LogP contribution in [-0.2, 0) is 11.8 Å². The molecule has 2 nitrogen and oxygen atoms in total. The summed E-state index contributed by atoms with van der Waals surface area (Å²) in [7, 11) is 0. The lowest BCUT2D eigenvalue weighted by Gasteiger charge is -2.18. The largest absolute Gasteiger partial charge is 0.330 e. The fraction of sp³-hybridized carbons (Fsp3) is 0.750. The molecule has 1 unspecified atom stereocenters. The van der Waals surface area contributed by atoms with Gasteiger partial charge in [-0.25, -0.2) is 4.98 Å². The van der Waals surface area contributed by atoms with Crippen molar-refractivity contribution in [3.8, 4) is 0 Å². The second kappa shape index (κ2) is 3.29. The molecule has 15 heavy (non-hydrogen) atoms. The van der Waals surface area contributed by atoms with E-state index in [0.29, 0.717) is 11.3 Å². The van der Waals surface area contributed by atoms with Crippen LogP contribution in [0.2, 0.25) is 0 Å². The molecule has 0 radical (unpaired) electrons. The van der Waals surface area contributed by atoms with Crippen LogP contribution in [0.1, 0.15) is 54.1 Å². The van der Waals surface area contributed by atoms with Gasteiger partial charge in [0.1, 0.15) is 0 Å². The second-order valence-electron chi connectivity index (χ2n) is 5.21. The van der Waals surface area contributed by atoms with Gasteiger partial charge in [-0.1, -0.05) is 6.92 Å². The van der Waals surface area contributed by atoms with Crippen molar-refractivity contribution in [1.29, 1.82) is 0 Å². The number of fused-ring (bicyclic) bond motifs is 1. The Kier molecular flexibility index (Phi) is 2.15. The topological polar surface area (TPSA) is 38.9 Å². The third kappa shape index (κ3) is 1.53. The lowest BCUT2D eigenvalue weighted by atomic mass is 9.91. The van der Waals surface area contributed by atoms with Gasteiger partial charge in [-0.2, -0.15) is 0 Å². The van der Waals surface area contributed by atoms with Gasteiger partial charge in [0.15, 0.2) is 0 Å². The van der Waals surface area contributed by atoms with E-state index in [9.17, 15) is 0 Å². The van der Waals surface area contributed by atoms with Crippen LogP contribution >= 0.6 is 11.3 Å². The van der Waals surface area contributed by atoms with E-state index >= 15 is 0 Å². The predicted molar refractivity (Wildman–Crippen MR) is 63.4 cm³/mol. The molecule has 1 atom stereocenters. The fourth-order valence-electron chi connectivity index (χ4n) is 2.40. The first-order valence-electron chi connectivity index (χ1n) is 5.93. The van der Waals surface area contributed by atoms with E-state index in [0.717, 1.165) is 6.54 Å². The summed E-state index contributed by atoms with van der Waals surface area (Å²) in [5.41, 5.74) is 7.59. The highest BCUT2D eigenvalue weighted by atomic mass is 32.1. The van der Waals surface area contributed by atoms with Crippen LogP contribution in [0.25, 0.3) is 0 Å². The molecule has 2 aliphatic carbocycles. The highest BCUT2D eigenvalue weighted by Crippen LogP contribution is 2.50. The molecule has 1 saturated carbocycles. The van der Waals surface area contributed by atoms with Gasteiger partial charge < -0.3 is 5.73 Å². The van der Waals surface area contributed by atoms with Gasteiger partial charge in [0.25, 0.3) is 0 Å². The molecule has 0 spiro atoms. The number of hydrogen-bond acceptors (Lipinski definition) is 3. The summed E-state index contributed by atoms with van der Waals surface area (Å²) in [5.74, 6) is 0.543. The minimum Gasteiger partial charge on any atom is -0.330 e. The number of nitrogens with two attached hydrogens (primary N) is 1. The van der Waals surface area contributed by atoms with Crippen molar-refractivity contribution in [3.63, 3.8) is 0 Å². The quantitative estimate of drug-likeness (QED) is 0.835. The molecule has 1 aromatic rings. The van der Waals surface area contributed by atoms with Gasteiger partial charge in [-0.3, -0.25) is 0 Å². The number of thiazole rings is 1. The van der Waals surface area contributed by atoms with E-state index in [4.69, 9.17) is 10.7 Å². The molecule has 1 aromatic heterocycles. The lowest BCUT2D eigenvalue weighted by molar-refractivity contribution is 0.551. The Balaban J connectivity index is 1.98. The van der Waals surface area contributed by atoms with E-state index in [1.165, 1.54) is 47.7 Å². The van der Waals surface area contributed by atoms with E-state index in [1.54, 1.807) is 0 Å². The van der Waals surface area contributed by atoms with Gasteiger partial charge >= 0.3 is 0 Å². The minimum absolute atomic E-state index is 0.432. The van der Waals surface area contributed by atoms with Crippen LogP contribution in [0.3, 0.4) is 0 Å². The summed E-state index contributed by atoms with van der Waals surface area (Å²) in [5, 5.41) is 1.38. The summed E-state index contributed by atoms with van der Waals surface area (Å²) in [6, 6.07) is 0. The predicted octanol–water partition coefficient (Wildman–Crippen LogP) is 2.57. The van der Waals surface area contributed by atoms with Crippen molar-refractivity contribution in [2.75, 3.05) is 6.54 Å². The number of aryl methyl sites for hydroxylation is 1. The Morgan fingerprint density at radius 2 is 2.33 bits per heavy atom. The minimum atomic E-state index is 0.432. The monoisotopic (exact) mass is 222 g/mol. The van der Waals surface area contributed by atoms with E-state index < -0.39 is 0 Å². The zero-order valence-corrected chi connectivity index (χ0v) is 10.1. The number of aromatic nitrogens is 1. The maximum absolute atomic E-state index is 5.82. The second-order valence-corrected chi connectivity index (χ2v) is 6.30. The number of rotatable bonds is 2. The maximum atomic E-state index is 5.82. The Morgan fingerprint density at radius 1 is 1.53 bits per heavy atom. The van der Waals surface area contributed by atoms with Gasteiger partial charge in [-0.05, 0) is 32.1 Å². The third-order valence-corrected chi connectivity index (χ3v) is 5.31. The summed E-state index contributed by atoms with van der Waals surface area (Å²) >= 11 is 1.96. The van der Waals surface area contributed by atoms with Crippen LogP contribution in [0.4, 0.5) is 0 Å². The SMILES string of the molecule is CC1(c2nc3c(s2)CCCC3CN)CC1. The maximum Gasteiger partial charge on any atom is 0.0990 e. The molecule has 2 aliphatic rings. The van der Waals surface area contributed by atoms with E-state index in [1.807, 2.05) is 11.3 Å². The lowest BCUT2D eigenvalue weighted by Crippen LogP contribution is -2.17. The smallest absolute Gasteiger partial charge is 0.0990 e. The average Bonchev–Trinajstić information content (AvgIpc) is 2.84. The Bertz CT molecular complexity index is 379. The van der Waals surface area contributed by atoms with Gasteiger partial charge in [0.2, 0.25) is 0 Å². The molecule has 0 bridgehead atoms. The summed E-state index contributed by atoms with van der Waals surface area (Å²) in [6.45, 7) is 3.11. The number of hydrogen-bond donors (Lipinski definition) is 1. The Hall–Kier alpha value is -0.410. The molecule has 1 heterocycles. The van der Waals surface area contributed by atoms with E-state index in [-0.39, 0.29) is 0 Å². The Morgan fingerprint density at radius 3 is 3.00 bits per heavy atom. The van der Waals surface area contributed by atoms with Crippen molar-refractivity contribution in [2.45, 2.75) is 50.4 Å². The molecule has 1 fully saturated rings. The van der Waals surface area contributed by atoms with Crippen LogP contribution in [0, 0.1) is 0 Å². The van der Waals surface area contributed by atoms with Crippen LogP contribution < -0.4 is 5.73 Å². The first-order chi connectivity index (χ1) is 7.23. The van der Waals surface area contributed by atoms with Gasteiger partial charge in [0.05, 0.1) is 10.7 Å². The average molecular weight is 222 g/mol. The molecule has 3 heteroatoms. The molecule has 82 valence electrons. The highest BCUT2D eigenvalue weighted by Gasteiger charge is 2.43. The van der Waals surface area contributed by atoms with Crippen molar-refractivity contribution >= 4 is 11.3 Å². The molecule has 0 aromatic carbocycles. The molecule has 0 amide bonds. The van der Waals surface area contributed by atoms with E-state index in [2.05, 4.69) is 6.92 Å². The third-order valence-electron chi connectivity index (χ3n) is 3.87. The molecule has 0 saturated heterocycles. The van der Waals surface area contributed by atoms with Crippen LogP contribution in [0.15, 0.2) is 0 Å². The van der Waals surface area contributed by atoms with Gasteiger partial charge in [-0.15, -0.1) is 11.3 Å². The van der Waals surface area contributed by atoms with Crippen molar-refractivity contribution in [3.05, 3.63) is 15.6 Å². The zero-order chi connectivity index (χ0) is 10.5. The molecule has 0 aliphatic heterocycles. The molecule has 2 N–H and O–H groups in total. The molecular weight excluding hydrogens is 204 g/mol. The van der Waals surface area contributed by atoms with Crippen molar-refractivity contribution in [1.82, 2.24) is 4.98 Å². The first kappa shape index (κ1) is 9.79. The Labute approximate surface area is 94.9 Å². The molecule has 3 rings (SSSR count). The summed E-state index contributed by atoms with van der Waals surface area (Å²) in [4.78, 5) is 6.40. The normalized spacial score (nSPS) is 27.5. The molecular formula is C12H18N2S.